The van der Waals surface area contributed by atoms with Gasteiger partial charge in [-0.15, -0.1) is 0 Å². The Kier molecular flexibility index (Phi) is 4.14. The molecule has 2 aromatic rings. The van der Waals surface area contributed by atoms with Crippen molar-refractivity contribution in [3.8, 4) is 5.75 Å². The van der Waals surface area contributed by atoms with E-state index in [0.717, 1.165) is 0 Å². The normalized spacial score (nSPS) is 11.2. The molecule has 0 bridgehead atoms. The van der Waals surface area contributed by atoms with E-state index >= 15 is 0 Å². The van der Waals surface area contributed by atoms with Crippen LogP contribution in [0.1, 0.15) is 5.69 Å². The molecule has 1 aromatic carbocycles. The Hall–Kier alpha value is -2.22. The molecule has 0 saturated carbocycles. The van der Waals surface area contributed by atoms with Crippen molar-refractivity contribution < 1.29 is 17.7 Å². The molecular weight excluding hydrogens is 282 g/mol. The number of para-hydroxylation sites is 2. The van der Waals surface area contributed by atoms with E-state index in [1.54, 1.807) is 31.2 Å². The number of aryl methyl sites for hydroxylation is 1. The number of nitrogen functional groups attached to an aromatic ring is 1. The number of nitrogens with one attached hydrogen (secondary N) is 1. The molecule has 0 unspecified atom stereocenters. The quantitative estimate of drug-likeness (QED) is 0.780. The summed E-state index contributed by atoms with van der Waals surface area (Å²) in [5, 5.41) is 3.59. The first-order valence-corrected chi connectivity index (χ1v) is 7.52. The van der Waals surface area contributed by atoms with Crippen LogP contribution in [0.3, 0.4) is 0 Å². The fraction of sp³-hybridized carbons (Fsp3) is 0.250. The summed E-state index contributed by atoms with van der Waals surface area (Å²) in [7, 11) is -3.55. The maximum atomic E-state index is 11.8. The lowest BCUT2D eigenvalue weighted by Gasteiger charge is -2.09. The number of ether oxygens (including phenoxy) is 1. The lowest BCUT2D eigenvalue weighted by Crippen LogP contribution is -2.21. The summed E-state index contributed by atoms with van der Waals surface area (Å²) in [5.41, 5.74) is 6.74. The minimum atomic E-state index is -3.55. The zero-order valence-electron chi connectivity index (χ0n) is 10.9. The van der Waals surface area contributed by atoms with E-state index in [9.17, 15) is 8.42 Å². The number of benzene rings is 1. The number of nitrogens with two attached hydrogens (primary N) is 1. The fourth-order valence-electron chi connectivity index (χ4n) is 1.49. The van der Waals surface area contributed by atoms with Crippen LogP contribution in [0.15, 0.2) is 34.9 Å². The summed E-state index contributed by atoms with van der Waals surface area (Å²) in [5.74, 6) is 0.320. The summed E-state index contributed by atoms with van der Waals surface area (Å²) < 4.78 is 35.9. The molecule has 0 fully saturated rings. The van der Waals surface area contributed by atoms with Crippen LogP contribution in [-0.4, -0.2) is 25.9 Å². The zero-order chi connectivity index (χ0) is 14.6. The Morgan fingerprint density at radius 1 is 1.40 bits per heavy atom. The van der Waals surface area contributed by atoms with Crippen molar-refractivity contribution in [1.82, 2.24) is 5.16 Å². The molecular formula is C12H15N3O4S. The third-order valence-corrected chi connectivity index (χ3v) is 3.63. The topological polar surface area (TPSA) is 107 Å². The number of rotatable bonds is 6. The number of hydrogen-bond acceptors (Lipinski definition) is 6. The molecule has 1 aromatic heterocycles. The van der Waals surface area contributed by atoms with Crippen molar-refractivity contribution >= 4 is 21.6 Å². The monoisotopic (exact) mass is 297 g/mol. The van der Waals surface area contributed by atoms with E-state index in [2.05, 4.69) is 9.88 Å². The molecule has 3 N–H and O–H groups in total. The van der Waals surface area contributed by atoms with E-state index in [4.69, 9.17) is 15.0 Å². The predicted molar refractivity (Wildman–Crippen MR) is 75.0 cm³/mol. The van der Waals surface area contributed by atoms with Crippen LogP contribution in [-0.2, 0) is 10.0 Å². The smallest absolute Gasteiger partial charge is 0.238 e. The summed E-state index contributed by atoms with van der Waals surface area (Å²) >= 11 is 0. The SMILES string of the molecule is Cc1cc(NS(=O)(=O)CCOc2ccccc2N)on1. The molecule has 0 saturated heterocycles. The van der Waals surface area contributed by atoms with Crippen molar-refractivity contribution in [2.45, 2.75) is 6.92 Å². The highest BCUT2D eigenvalue weighted by atomic mass is 32.2. The summed E-state index contributed by atoms with van der Waals surface area (Å²) in [6, 6.07) is 8.38. The van der Waals surface area contributed by atoms with Crippen molar-refractivity contribution in [1.29, 1.82) is 0 Å². The maximum Gasteiger partial charge on any atom is 0.238 e. The van der Waals surface area contributed by atoms with E-state index in [0.29, 0.717) is 17.1 Å². The first-order valence-electron chi connectivity index (χ1n) is 5.87. The lowest BCUT2D eigenvalue weighted by atomic mass is 10.3. The average molecular weight is 297 g/mol. The Morgan fingerprint density at radius 2 is 2.15 bits per heavy atom. The van der Waals surface area contributed by atoms with Crippen molar-refractivity contribution in [2.24, 2.45) is 0 Å². The molecule has 1 heterocycles. The van der Waals surface area contributed by atoms with Gasteiger partial charge in [0.25, 0.3) is 0 Å². The van der Waals surface area contributed by atoms with Gasteiger partial charge in [0.05, 0.1) is 11.4 Å². The van der Waals surface area contributed by atoms with Crippen molar-refractivity contribution in [3.05, 3.63) is 36.0 Å². The van der Waals surface area contributed by atoms with Gasteiger partial charge in [0, 0.05) is 6.07 Å². The number of hydrogen-bond donors (Lipinski definition) is 2. The van der Waals surface area contributed by atoms with Crippen LogP contribution >= 0.6 is 0 Å². The first kappa shape index (κ1) is 14.2. The van der Waals surface area contributed by atoms with Crippen LogP contribution in [0.2, 0.25) is 0 Å². The van der Waals surface area contributed by atoms with E-state index in [1.807, 2.05) is 0 Å². The molecule has 108 valence electrons. The van der Waals surface area contributed by atoms with Gasteiger partial charge in [0.2, 0.25) is 15.9 Å². The van der Waals surface area contributed by atoms with Crippen LogP contribution in [0.4, 0.5) is 11.6 Å². The number of aromatic nitrogens is 1. The molecule has 0 aliphatic carbocycles. The third kappa shape index (κ3) is 3.89. The molecule has 8 heteroatoms. The number of anilines is 2. The van der Waals surface area contributed by atoms with Gasteiger partial charge in [-0.3, -0.25) is 4.72 Å². The molecule has 0 atom stereocenters. The fourth-order valence-corrected chi connectivity index (χ4v) is 2.30. The van der Waals surface area contributed by atoms with Gasteiger partial charge in [0.1, 0.15) is 18.1 Å². The Bertz CT molecular complexity index is 682. The summed E-state index contributed by atoms with van der Waals surface area (Å²) in [6.07, 6.45) is 0. The third-order valence-electron chi connectivity index (χ3n) is 2.41. The number of sulfonamides is 1. The van der Waals surface area contributed by atoms with Gasteiger partial charge in [-0.05, 0) is 19.1 Å². The maximum absolute atomic E-state index is 11.8. The Balaban J connectivity index is 1.88. The van der Waals surface area contributed by atoms with Gasteiger partial charge in [-0.2, -0.15) is 0 Å². The summed E-state index contributed by atoms with van der Waals surface area (Å²) in [4.78, 5) is 0. The number of nitrogens with zero attached hydrogens (tertiary/aromatic N) is 1. The lowest BCUT2D eigenvalue weighted by molar-refractivity contribution is 0.343. The molecule has 7 nitrogen and oxygen atoms in total. The molecule has 0 radical (unpaired) electrons. The van der Waals surface area contributed by atoms with Gasteiger partial charge in [0.15, 0.2) is 0 Å². The zero-order valence-corrected chi connectivity index (χ0v) is 11.7. The molecule has 20 heavy (non-hydrogen) atoms. The van der Waals surface area contributed by atoms with Crippen molar-refractivity contribution in [2.75, 3.05) is 22.8 Å². The molecule has 0 aliphatic heterocycles. The van der Waals surface area contributed by atoms with Gasteiger partial charge in [-0.25, -0.2) is 8.42 Å². The van der Waals surface area contributed by atoms with Gasteiger partial charge < -0.3 is 15.0 Å². The van der Waals surface area contributed by atoms with E-state index < -0.39 is 10.0 Å². The van der Waals surface area contributed by atoms with Gasteiger partial charge in [-0.1, -0.05) is 17.3 Å². The second-order valence-corrected chi connectivity index (χ2v) is 5.98. The minimum absolute atomic E-state index is 0.0172. The first-order chi connectivity index (χ1) is 9.46. The van der Waals surface area contributed by atoms with Crippen LogP contribution in [0.5, 0.6) is 5.75 Å². The molecule has 0 spiro atoms. The van der Waals surface area contributed by atoms with Crippen molar-refractivity contribution in [3.63, 3.8) is 0 Å². The van der Waals surface area contributed by atoms with Crippen LogP contribution in [0.25, 0.3) is 0 Å². The Morgan fingerprint density at radius 3 is 2.80 bits per heavy atom. The Labute approximate surface area is 116 Å². The van der Waals surface area contributed by atoms with Gasteiger partial charge >= 0.3 is 0 Å². The predicted octanol–water partition coefficient (Wildman–Crippen LogP) is 1.39. The average Bonchev–Trinajstić information content (AvgIpc) is 2.76. The largest absolute Gasteiger partial charge is 0.490 e. The second-order valence-electron chi connectivity index (χ2n) is 4.14. The van der Waals surface area contributed by atoms with Crippen LogP contribution < -0.4 is 15.2 Å². The highest BCUT2D eigenvalue weighted by Crippen LogP contribution is 2.19. The van der Waals surface area contributed by atoms with Crippen LogP contribution in [0, 0.1) is 6.92 Å². The standard InChI is InChI=1S/C12H15N3O4S/c1-9-8-12(19-14-9)15-20(16,17)7-6-18-11-5-3-2-4-10(11)13/h2-5,8,15H,6-7,13H2,1H3. The molecule has 0 amide bonds. The second kappa shape index (κ2) is 5.83. The van der Waals surface area contributed by atoms with E-state index in [-0.39, 0.29) is 18.2 Å². The molecule has 2 rings (SSSR count). The summed E-state index contributed by atoms with van der Waals surface area (Å²) in [6.45, 7) is 1.68. The minimum Gasteiger partial charge on any atom is -0.490 e. The molecule has 0 aliphatic rings. The highest BCUT2D eigenvalue weighted by Gasteiger charge is 2.14. The van der Waals surface area contributed by atoms with E-state index in [1.165, 1.54) is 6.07 Å². The highest BCUT2D eigenvalue weighted by molar-refractivity contribution is 7.92.